The van der Waals surface area contributed by atoms with E-state index in [-0.39, 0.29) is 19.9 Å². The minimum absolute atomic E-state index is 0.124. The molecule has 4 rings (SSSR count). The molecular formula is C28H28N4O6S. The van der Waals surface area contributed by atoms with Crippen molar-refractivity contribution >= 4 is 32.6 Å². The first-order valence-corrected chi connectivity index (χ1v) is 13.6. The van der Waals surface area contributed by atoms with Gasteiger partial charge in [-0.1, -0.05) is 17.9 Å². The summed E-state index contributed by atoms with van der Waals surface area (Å²) < 4.78 is 38.7. The molecule has 0 radical (unpaired) electrons. The van der Waals surface area contributed by atoms with Gasteiger partial charge in [-0.3, -0.25) is 4.79 Å². The Labute approximate surface area is 227 Å². The standard InChI is InChI=1S/C28H28N4O6S/c1-20(28(33)34)30-39(35,36)32-13-11-31(12-14-32)25-8-5-21(6-9-25)3-4-22-15-23-7-10-26(38-19-37-2)17-27(23)24(16-22)18-29/h5-10,15-17,20,30H,11-14,19H2,1-2H3,(H,33,34). The molecule has 3 aromatic carbocycles. The number of carboxylic acid groups (broad SMARTS) is 1. The van der Waals surface area contributed by atoms with Crippen LogP contribution in [0.15, 0.2) is 54.6 Å². The number of ether oxygens (including phenoxy) is 2. The second-order valence-electron chi connectivity index (χ2n) is 8.94. The number of nitriles is 1. The van der Waals surface area contributed by atoms with E-state index in [2.05, 4.69) is 27.5 Å². The molecule has 1 aliphatic heterocycles. The SMILES string of the molecule is COCOc1ccc2cc(C#Cc3ccc(N4CCN(S(=O)(=O)NC(C)C(=O)O)CC4)cc3)cc(C#N)c2c1. The molecule has 0 bridgehead atoms. The van der Waals surface area contributed by atoms with Crippen LogP contribution in [-0.2, 0) is 19.7 Å². The summed E-state index contributed by atoms with van der Waals surface area (Å²) in [5.74, 6) is 5.66. The molecule has 11 heteroatoms. The normalized spacial score (nSPS) is 14.7. The highest BCUT2D eigenvalue weighted by molar-refractivity contribution is 7.87. The number of nitrogens with one attached hydrogen (secondary N) is 1. The third-order valence-corrected chi connectivity index (χ3v) is 7.94. The Morgan fingerprint density at radius 3 is 2.38 bits per heavy atom. The molecule has 1 aliphatic rings. The number of fused-ring (bicyclic) bond motifs is 1. The van der Waals surface area contributed by atoms with Crippen molar-refractivity contribution in [3.8, 4) is 23.7 Å². The molecule has 1 fully saturated rings. The molecule has 0 amide bonds. The maximum absolute atomic E-state index is 12.4. The van der Waals surface area contributed by atoms with Crippen molar-refractivity contribution in [2.45, 2.75) is 13.0 Å². The molecule has 1 heterocycles. The zero-order chi connectivity index (χ0) is 28.0. The topological polar surface area (TPSA) is 132 Å². The van der Waals surface area contributed by atoms with E-state index in [1.807, 2.05) is 48.5 Å². The summed E-state index contributed by atoms with van der Waals surface area (Å²) in [5, 5.41) is 20.3. The zero-order valence-corrected chi connectivity index (χ0v) is 22.4. The third-order valence-electron chi connectivity index (χ3n) is 6.25. The molecule has 10 nitrogen and oxygen atoms in total. The highest BCUT2D eigenvalue weighted by atomic mass is 32.2. The molecule has 2 N–H and O–H groups in total. The van der Waals surface area contributed by atoms with Crippen molar-refractivity contribution in [1.82, 2.24) is 9.03 Å². The fourth-order valence-corrected chi connectivity index (χ4v) is 5.49. The van der Waals surface area contributed by atoms with Crippen LogP contribution in [0.25, 0.3) is 10.8 Å². The van der Waals surface area contributed by atoms with Crippen LogP contribution < -0.4 is 14.4 Å². The molecule has 0 saturated carbocycles. The second-order valence-corrected chi connectivity index (χ2v) is 10.6. The van der Waals surface area contributed by atoms with Gasteiger partial charge in [0.05, 0.1) is 11.6 Å². The Kier molecular flexibility index (Phi) is 8.69. The Morgan fingerprint density at radius 2 is 1.74 bits per heavy atom. The molecule has 39 heavy (non-hydrogen) atoms. The number of nitrogens with zero attached hydrogens (tertiary/aromatic N) is 3. The fraction of sp³-hybridized carbons (Fsp3) is 0.286. The van der Waals surface area contributed by atoms with Crippen LogP contribution in [-0.4, -0.2) is 69.9 Å². The smallest absolute Gasteiger partial charge is 0.321 e. The van der Waals surface area contributed by atoms with E-state index in [0.29, 0.717) is 24.4 Å². The summed E-state index contributed by atoms with van der Waals surface area (Å²) in [5.41, 5.74) is 2.96. The van der Waals surface area contributed by atoms with Gasteiger partial charge in [-0.15, -0.1) is 0 Å². The molecule has 0 aliphatic carbocycles. The minimum Gasteiger partial charge on any atom is -0.480 e. The molecule has 1 unspecified atom stereocenters. The van der Waals surface area contributed by atoms with Gasteiger partial charge in [0.2, 0.25) is 0 Å². The van der Waals surface area contributed by atoms with Crippen LogP contribution >= 0.6 is 0 Å². The molecule has 1 saturated heterocycles. The Balaban J connectivity index is 1.42. The van der Waals surface area contributed by atoms with E-state index in [4.69, 9.17) is 14.6 Å². The zero-order valence-electron chi connectivity index (χ0n) is 21.5. The van der Waals surface area contributed by atoms with Gasteiger partial charge in [-0.25, -0.2) is 0 Å². The van der Waals surface area contributed by atoms with E-state index in [0.717, 1.165) is 27.6 Å². The van der Waals surface area contributed by atoms with E-state index >= 15 is 0 Å². The molecular weight excluding hydrogens is 520 g/mol. The van der Waals surface area contributed by atoms with Crippen LogP contribution in [0, 0.1) is 23.2 Å². The molecule has 0 aromatic heterocycles. The number of rotatable bonds is 8. The van der Waals surface area contributed by atoms with Gasteiger partial charge in [0.1, 0.15) is 11.8 Å². The van der Waals surface area contributed by atoms with Crippen LogP contribution in [0.4, 0.5) is 5.69 Å². The van der Waals surface area contributed by atoms with Crippen molar-refractivity contribution in [2.75, 3.05) is 45.0 Å². The number of carbonyl (C=O) groups is 1. The number of hydrogen-bond donors (Lipinski definition) is 2. The molecule has 3 aromatic rings. The second kappa shape index (κ2) is 12.2. The van der Waals surface area contributed by atoms with E-state index in [1.54, 1.807) is 13.2 Å². The van der Waals surface area contributed by atoms with Gasteiger partial charge in [-0.2, -0.15) is 22.7 Å². The Bertz CT molecular complexity index is 1560. The van der Waals surface area contributed by atoms with Gasteiger partial charge in [0.25, 0.3) is 10.2 Å². The van der Waals surface area contributed by atoms with Crippen LogP contribution in [0.2, 0.25) is 0 Å². The number of piperazine rings is 1. The van der Waals surface area contributed by atoms with Crippen molar-refractivity contribution in [3.63, 3.8) is 0 Å². The lowest BCUT2D eigenvalue weighted by molar-refractivity contribution is -0.138. The molecule has 202 valence electrons. The maximum atomic E-state index is 12.4. The van der Waals surface area contributed by atoms with Gasteiger partial charge in [-0.05, 0) is 60.8 Å². The van der Waals surface area contributed by atoms with Crippen LogP contribution in [0.5, 0.6) is 5.75 Å². The molecule has 1 atom stereocenters. The number of hydrogen-bond acceptors (Lipinski definition) is 7. The predicted molar refractivity (Wildman–Crippen MR) is 147 cm³/mol. The predicted octanol–water partition coefficient (Wildman–Crippen LogP) is 2.52. The van der Waals surface area contributed by atoms with E-state index in [1.165, 1.54) is 11.2 Å². The summed E-state index contributed by atoms with van der Waals surface area (Å²) >= 11 is 0. The van der Waals surface area contributed by atoms with Crippen LogP contribution in [0.3, 0.4) is 0 Å². The first kappa shape index (κ1) is 27.9. The quantitative estimate of drug-likeness (QED) is 0.324. The maximum Gasteiger partial charge on any atom is 0.321 e. The fourth-order valence-electron chi connectivity index (χ4n) is 4.15. The first-order valence-electron chi connectivity index (χ1n) is 12.2. The van der Waals surface area contributed by atoms with Gasteiger partial charge in [0, 0.05) is 55.5 Å². The van der Waals surface area contributed by atoms with Crippen molar-refractivity contribution in [2.24, 2.45) is 0 Å². The largest absolute Gasteiger partial charge is 0.480 e. The number of methoxy groups -OCH3 is 1. The summed E-state index contributed by atoms with van der Waals surface area (Å²) in [6.07, 6.45) is 0. The van der Waals surface area contributed by atoms with E-state index < -0.39 is 22.2 Å². The summed E-state index contributed by atoms with van der Waals surface area (Å²) in [4.78, 5) is 13.1. The summed E-state index contributed by atoms with van der Waals surface area (Å²) in [7, 11) is -2.33. The van der Waals surface area contributed by atoms with Gasteiger partial charge in [0.15, 0.2) is 6.79 Å². The van der Waals surface area contributed by atoms with Gasteiger partial charge < -0.3 is 19.5 Å². The number of anilines is 1. The Morgan fingerprint density at radius 1 is 1.05 bits per heavy atom. The summed E-state index contributed by atoms with van der Waals surface area (Å²) in [6.45, 7) is 2.84. The average molecular weight is 549 g/mol. The lowest BCUT2D eigenvalue weighted by atomic mass is 10.0. The van der Waals surface area contributed by atoms with Crippen molar-refractivity contribution in [1.29, 1.82) is 5.26 Å². The molecule has 0 spiro atoms. The highest BCUT2D eigenvalue weighted by Gasteiger charge is 2.29. The van der Waals surface area contributed by atoms with Crippen molar-refractivity contribution in [3.05, 3.63) is 71.3 Å². The van der Waals surface area contributed by atoms with Gasteiger partial charge >= 0.3 is 5.97 Å². The lowest BCUT2D eigenvalue weighted by Gasteiger charge is -2.35. The number of carboxylic acids is 1. The Hall–Kier alpha value is -4.13. The van der Waals surface area contributed by atoms with E-state index in [9.17, 15) is 18.5 Å². The summed E-state index contributed by atoms with van der Waals surface area (Å²) in [6, 6.07) is 17.9. The minimum atomic E-state index is -3.87. The van der Waals surface area contributed by atoms with Crippen LogP contribution in [0.1, 0.15) is 23.6 Å². The number of benzene rings is 3. The third kappa shape index (κ3) is 6.85. The number of aliphatic carboxylic acids is 1. The first-order chi connectivity index (χ1) is 18.7. The van der Waals surface area contributed by atoms with Crippen molar-refractivity contribution < 1.29 is 27.8 Å². The average Bonchev–Trinajstić information content (AvgIpc) is 2.94. The lowest BCUT2D eigenvalue weighted by Crippen LogP contribution is -2.54. The highest BCUT2D eigenvalue weighted by Crippen LogP contribution is 2.26. The monoisotopic (exact) mass is 548 g/mol.